The molecule has 1 atom stereocenters. The Kier molecular flexibility index (Phi) is 6.73. The van der Waals surface area contributed by atoms with Gasteiger partial charge in [-0.3, -0.25) is 4.79 Å². The van der Waals surface area contributed by atoms with E-state index >= 15 is 0 Å². The maximum atomic E-state index is 11.7. The van der Waals surface area contributed by atoms with Crippen LogP contribution >= 0.6 is 0 Å². The highest BCUT2D eigenvalue weighted by molar-refractivity contribution is 5.70. The first kappa shape index (κ1) is 17.5. The van der Waals surface area contributed by atoms with E-state index in [1.54, 1.807) is 0 Å². The summed E-state index contributed by atoms with van der Waals surface area (Å²) in [5, 5.41) is 3.26. The Balaban J connectivity index is 2.37. The molecule has 0 heterocycles. The Labute approximate surface area is 129 Å². The Bertz CT molecular complexity index is 437. The number of rotatable bonds is 8. The molecule has 1 unspecified atom stereocenters. The number of ether oxygens (including phenoxy) is 1. The Morgan fingerprint density at radius 1 is 1.24 bits per heavy atom. The summed E-state index contributed by atoms with van der Waals surface area (Å²) >= 11 is 0. The first-order chi connectivity index (χ1) is 9.88. The largest absolute Gasteiger partial charge is 0.460 e. The van der Waals surface area contributed by atoms with E-state index in [1.165, 1.54) is 5.56 Å². The maximum absolute atomic E-state index is 11.7. The van der Waals surface area contributed by atoms with Crippen LogP contribution in [0.25, 0.3) is 0 Å². The first-order valence-corrected chi connectivity index (χ1v) is 7.93. The summed E-state index contributed by atoms with van der Waals surface area (Å²) in [5.74, 6) is 0.441. The highest BCUT2D eigenvalue weighted by Gasteiger charge is 2.19. The summed E-state index contributed by atoms with van der Waals surface area (Å²) in [6.07, 6.45) is 2.35. The van der Waals surface area contributed by atoms with Crippen molar-refractivity contribution in [2.75, 3.05) is 11.9 Å². The fourth-order valence-electron chi connectivity index (χ4n) is 1.91. The number of carbonyl (C=O) groups is 1. The van der Waals surface area contributed by atoms with Gasteiger partial charge in [0.1, 0.15) is 5.60 Å². The Hall–Kier alpha value is -1.51. The number of hydrogen-bond acceptors (Lipinski definition) is 3. The van der Waals surface area contributed by atoms with Gasteiger partial charge in [-0.1, -0.05) is 32.9 Å². The normalized spacial score (nSPS) is 12.8. The SMILES string of the molecule is CCC(C)c1ccc(NCCC(=O)OC(C)(C)CC)cc1. The zero-order chi connectivity index (χ0) is 15.9. The molecule has 0 bridgehead atoms. The van der Waals surface area contributed by atoms with Crippen LogP contribution in [0.3, 0.4) is 0 Å². The average molecular weight is 291 g/mol. The number of anilines is 1. The molecule has 0 fully saturated rings. The molecule has 1 N–H and O–H groups in total. The molecule has 0 radical (unpaired) electrons. The molecule has 0 aliphatic heterocycles. The lowest BCUT2D eigenvalue weighted by Gasteiger charge is -2.23. The molecular weight excluding hydrogens is 262 g/mol. The molecule has 1 aromatic carbocycles. The van der Waals surface area contributed by atoms with Gasteiger partial charge in [-0.05, 0) is 50.3 Å². The molecule has 0 saturated heterocycles. The summed E-state index contributed by atoms with van der Waals surface area (Å²) in [6.45, 7) is 10.9. The number of nitrogens with one attached hydrogen (secondary N) is 1. The van der Waals surface area contributed by atoms with Crippen LogP contribution in [0.2, 0.25) is 0 Å². The van der Waals surface area contributed by atoms with E-state index in [2.05, 4.69) is 43.4 Å². The fourth-order valence-corrected chi connectivity index (χ4v) is 1.91. The van der Waals surface area contributed by atoms with Gasteiger partial charge in [0.15, 0.2) is 0 Å². The van der Waals surface area contributed by atoms with E-state index in [4.69, 9.17) is 4.74 Å². The smallest absolute Gasteiger partial charge is 0.308 e. The van der Waals surface area contributed by atoms with Crippen LogP contribution in [-0.4, -0.2) is 18.1 Å². The summed E-state index contributed by atoms with van der Waals surface area (Å²) < 4.78 is 5.41. The molecular formula is C18H29NO2. The Morgan fingerprint density at radius 2 is 1.86 bits per heavy atom. The molecule has 1 aromatic rings. The van der Waals surface area contributed by atoms with E-state index in [0.29, 0.717) is 18.9 Å². The molecule has 3 nitrogen and oxygen atoms in total. The van der Waals surface area contributed by atoms with Gasteiger partial charge in [-0.15, -0.1) is 0 Å². The van der Waals surface area contributed by atoms with Crippen LogP contribution in [0.1, 0.15) is 65.4 Å². The van der Waals surface area contributed by atoms with Gasteiger partial charge >= 0.3 is 5.97 Å². The van der Waals surface area contributed by atoms with Gasteiger partial charge in [0.2, 0.25) is 0 Å². The zero-order valence-electron chi connectivity index (χ0n) is 14.0. The van der Waals surface area contributed by atoms with E-state index in [-0.39, 0.29) is 11.6 Å². The van der Waals surface area contributed by atoms with Crippen molar-refractivity contribution in [2.45, 2.75) is 65.4 Å². The lowest BCUT2D eigenvalue weighted by atomic mass is 9.99. The average Bonchev–Trinajstić information content (AvgIpc) is 2.46. The van der Waals surface area contributed by atoms with E-state index in [0.717, 1.165) is 18.5 Å². The molecule has 3 heteroatoms. The van der Waals surface area contributed by atoms with Crippen LogP contribution in [0.4, 0.5) is 5.69 Å². The van der Waals surface area contributed by atoms with Crippen molar-refractivity contribution in [3.8, 4) is 0 Å². The third-order valence-electron chi connectivity index (χ3n) is 3.99. The molecule has 21 heavy (non-hydrogen) atoms. The molecule has 0 amide bonds. The summed E-state index contributed by atoms with van der Waals surface area (Å²) in [5.41, 5.74) is 2.03. The molecule has 1 rings (SSSR count). The third-order valence-corrected chi connectivity index (χ3v) is 3.99. The fraction of sp³-hybridized carbons (Fsp3) is 0.611. The second-order valence-electron chi connectivity index (χ2n) is 6.20. The van der Waals surface area contributed by atoms with Crippen molar-refractivity contribution in [1.29, 1.82) is 0 Å². The summed E-state index contributed by atoms with van der Waals surface area (Å²) in [6, 6.07) is 8.44. The van der Waals surface area contributed by atoms with Gasteiger partial charge in [-0.2, -0.15) is 0 Å². The maximum Gasteiger partial charge on any atom is 0.308 e. The highest BCUT2D eigenvalue weighted by Crippen LogP contribution is 2.20. The van der Waals surface area contributed by atoms with Crippen molar-refractivity contribution in [3.05, 3.63) is 29.8 Å². The van der Waals surface area contributed by atoms with E-state index < -0.39 is 0 Å². The molecule has 118 valence electrons. The molecule has 0 saturated carbocycles. The van der Waals surface area contributed by atoms with Gasteiger partial charge < -0.3 is 10.1 Å². The number of benzene rings is 1. The van der Waals surface area contributed by atoms with E-state index in [1.807, 2.05) is 20.8 Å². The number of esters is 1. The minimum Gasteiger partial charge on any atom is -0.460 e. The number of hydrogen-bond donors (Lipinski definition) is 1. The van der Waals surface area contributed by atoms with Crippen LogP contribution in [0.15, 0.2) is 24.3 Å². The summed E-state index contributed by atoms with van der Waals surface area (Å²) in [7, 11) is 0. The zero-order valence-corrected chi connectivity index (χ0v) is 14.0. The van der Waals surface area contributed by atoms with Gasteiger partial charge in [0.05, 0.1) is 6.42 Å². The minimum absolute atomic E-state index is 0.148. The summed E-state index contributed by atoms with van der Waals surface area (Å²) in [4.78, 5) is 11.7. The topological polar surface area (TPSA) is 38.3 Å². The quantitative estimate of drug-likeness (QED) is 0.703. The van der Waals surface area contributed by atoms with Crippen molar-refractivity contribution >= 4 is 11.7 Å². The monoisotopic (exact) mass is 291 g/mol. The molecule has 0 aromatic heterocycles. The molecule has 0 aliphatic rings. The third kappa shape index (κ3) is 6.19. The lowest BCUT2D eigenvalue weighted by molar-refractivity contribution is -0.156. The van der Waals surface area contributed by atoms with Crippen LogP contribution in [-0.2, 0) is 9.53 Å². The van der Waals surface area contributed by atoms with Crippen molar-refractivity contribution in [2.24, 2.45) is 0 Å². The predicted molar refractivity (Wildman–Crippen MR) is 88.7 cm³/mol. The highest BCUT2D eigenvalue weighted by atomic mass is 16.6. The van der Waals surface area contributed by atoms with E-state index in [9.17, 15) is 4.79 Å². The second-order valence-corrected chi connectivity index (χ2v) is 6.20. The molecule has 0 aliphatic carbocycles. The number of carbonyl (C=O) groups excluding carboxylic acids is 1. The van der Waals surface area contributed by atoms with Gasteiger partial charge in [0, 0.05) is 12.2 Å². The van der Waals surface area contributed by atoms with Crippen molar-refractivity contribution in [3.63, 3.8) is 0 Å². The predicted octanol–water partition coefficient (Wildman–Crippen LogP) is 4.73. The van der Waals surface area contributed by atoms with Crippen molar-refractivity contribution < 1.29 is 9.53 Å². The van der Waals surface area contributed by atoms with Crippen LogP contribution < -0.4 is 5.32 Å². The van der Waals surface area contributed by atoms with Gasteiger partial charge in [0.25, 0.3) is 0 Å². The van der Waals surface area contributed by atoms with Crippen LogP contribution in [0, 0.1) is 0 Å². The lowest BCUT2D eigenvalue weighted by Crippen LogP contribution is -2.27. The first-order valence-electron chi connectivity index (χ1n) is 7.93. The van der Waals surface area contributed by atoms with Gasteiger partial charge in [-0.25, -0.2) is 0 Å². The van der Waals surface area contributed by atoms with Crippen LogP contribution in [0.5, 0.6) is 0 Å². The minimum atomic E-state index is -0.366. The van der Waals surface area contributed by atoms with Crippen molar-refractivity contribution in [1.82, 2.24) is 0 Å². The second kappa shape index (κ2) is 8.06. The Morgan fingerprint density at radius 3 is 2.38 bits per heavy atom. The standard InChI is InChI=1S/C18H29NO2/c1-6-14(3)15-8-10-16(11-9-15)19-13-12-17(20)21-18(4,5)7-2/h8-11,14,19H,6-7,12-13H2,1-5H3. The molecule has 0 spiro atoms.